The first kappa shape index (κ1) is 16.5. The lowest BCUT2D eigenvalue weighted by atomic mass is 9.80. The highest BCUT2D eigenvalue weighted by atomic mass is 79.9. The normalized spacial score (nSPS) is 30.3. The Balaban J connectivity index is 2.37. The molecule has 0 bridgehead atoms. The summed E-state index contributed by atoms with van der Waals surface area (Å²) >= 11 is 3.69. The second-order valence-corrected chi connectivity index (χ2v) is 6.79. The summed E-state index contributed by atoms with van der Waals surface area (Å²) in [6, 6.07) is 0. The van der Waals surface area contributed by atoms with Crippen molar-refractivity contribution in [3.63, 3.8) is 0 Å². The van der Waals surface area contributed by atoms with Crippen molar-refractivity contribution < 1.29 is 4.74 Å². The standard InChI is InChI=1S/C16H31BrO/c1-4-6-7-15(5-2)12-18-16(13-17)10-8-14(3)9-11-16/h14-15H,4-13H2,1-3H3. The first-order chi connectivity index (χ1) is 8.65. The Kier molecular flexibility index (Phi) is 7.86. The van der Waals surface area contributed by atoms with Crippen molar-refractivity contribution in [1.82, 2.24) is 0 Å². The minimum absolute atomic E-state index is 0.145. The maximum absolute atomic E-state index is 6.37. The molecule has 2 heteroatoms. The maximum Gasteiger partial charge on any atom is 0.0779 e. The molecule has 0 spiro atoms. The zero-order valence-corrected chi connectivity index (χ0v) is 14.1. The van der Waals surface area contributed by atoms with Gasteiger partial charge in [0, 0.05) is 5.33 Å². The second kappa shape index (κ2) is 8.58. The molecule has 0 aromatic rings. The number of unbranched alkanes of at least 4 members (excludes halogenated alkanes) is 1. The van der Waals surface area contributed by atoms with Crippen LogP contribution < -0.4 is 0 Å². The Morgan fingerprint density at radius 2 is 1.94 bits per heavy atom. The summed E-state index contributed by atoms with van der Waals surface area (Å²) in [6.45, 7) is 7.91. The lowest BCUT2D eigenvalue weighted by molar-refractivity contribution is -0.0737. The molecule has 0 radical (unpaired) electrons. The molecule has 1 unspecified atom stereocenters. The van der Waals surface area contributed by atoms with E-state index in [1.807, 2.05) is 0 Å². The van der Waals surface area contributed by atoms with E-state index in [4.69, 9.17) is 4.74 Å². The fourth-order valence-corrected chi connectivity index (χ4v) is 3.52. The Morgan fingerprint density at radius 1 is 1.28 bits per heavy atom. The van der Waals surface area contributed by atoms with Crippen LogP contribution in [-0.2, 0) is 4.74 Å². The van der Waals surface area contributed by atoms with Crippen molar-refractivity contribution in [2.24, 2.45) is 11.8 Å². The van der Waals surface area contributed by atoms with Gasteiger partial charge in [-0.1, -0.05) is 56.0 Å². The summed E-state index contributed by atoms with van der Waals surface area (Å²) in [6.07, 6.45) is 10.4. The Hall–Kier alpha value is 0.440. The second-order valence-electron chi connectivity index (χ2n) is 6.23. The van der Waals surface area contributed by atoms with E-state index in [0.717, 1.165) is 23.8 Å². The van der Waals surface area contributed by atoms with Gasteiger partial charge in [0.1, 0.15) is 0 Å². The van der Waals surface area contributed by atoms with Gasteiger partial charge in [-0.05, 0) is 43.9 Å². The minimum atomic E-state index is 0.145. The largest absolute Gasteiger partial charge is 0.374 e. The van der Waals surface area contributed by atoms with Crippen LogP contribution in [0.15, 0.2) is 0 Å². The SMILES string of the molecule is CCCCC(CC)COC1(CBr)CCC(C)CC1. The van der Waals surface area contributed by atoms with Gasteiger partial charge < -0.3 is 4.74 Å². The molecular formula is C16H31BrO. The number of rotatable bonds is 8. The molecule has 1 rings (SSSR count). The van der Waals surface area contributed by atoms with E-state index in [1.54, 1.807) is 0 Å². The molecule has 1 aliphatic carbocycles. The molecule has 1 atom stereocenters. The Morgan fingerprint density at radius 3 is 2.44 bits per heavy atom. The zero-order valence-electron chi connectivity index (χ0n) is 12.5. The molecule has 0 saturated heterocycles. The van der Waals surface area contributed by atoms with Crippen molar-refractivity contribution >= 4 is 15.9 Å². The fraction of sp³-hybridized carbons (Fsp3) is 1.00. The predicted octanol–water partition coefficient (Wildman–Crippen LogP) is 5.56. The zero-order chi connectivity index (χ0) is 13.4. The van der Waals surface area contributed by atoms with Gasteiger partial charge in [0.15, 0.2) is 0 Å². The van der Waals surface area contributed by atoms with Crippen molar-refractivity contribution in [3.05, 3.63) is 0 Å². The average Bonchev–Trinajstić information content (AvgIpc) is 2.41. The molecule has 0 aromatic carbocycles. The maximum atomic E-state index is 6.37. The molecule has 0 aromatic heterocycles. The Labute approximate surface area is 122 Å². The van der Waals surface area contributed by atoms with Crippen molar-refractivity contribution in [2.75, 3.05) is 11.9 Å². The highest BCUT2D eigenvalue weighted by Crippen LogP contribution is 2.36. The molecule has 18 heavy (non-hydrogen) atoms. The number of ether oxygens (including phenoxy) is 1. The summed E-state index contributed by atoms with van der Waals surface area (Å²) < 4.78 is 6.37. The van der Waals surface area contributed by atoms with Crippen LogP contribution >= 0.6 is 15.9 Å². The molecule has 0 heterocycles. The highest BCUT2D eigenvalue weighted by Gasteiger charge is 2.34. The van der Waals surface area contributed by atoms with Crippen LogP contribution in [0.25, 0.3) is 0 Å². The quantitative estimate of drug-likeness (QED) is 0.532. The topological polar surface area (TPSA) is 9.23 Å². The smallest absolute Gasteiger partial charge is 0.0779 e. The third kappa shape index (κ3) is 5.21. The third-order valence-corrected chi connectivity index (χ3v) is 5.62. The summed E-state index contributed by atoms with van der Waals surface area (Å²) in [5.74, 6) is 1.66. The molecule has 1 nitrogen and oxygen atoms in total. The van der Waals surface area contributed by atoms with Crippen LogP contribution in [0.2, 0.25) is 0 Å². The van der Waals surface area contributed by atoms with E-state index < -0.39 is 0 Å². The van der Waals surface area contributed by atoms with Crippen molar-refractivity contribution in [3.8, 4) is 0 Å². The molecule has 1 saturated carbocycles. The first-order valence-corrected chi connectivity index (χ1v) is 8.97. The van der Waals surface area contributed by atoms with E-state index >= 15 is 0 Å². The van der Waals surface area contributed by atoms with Crippen LogP contribution in [0.3, 0.4) is 0 Å². The van der Waals surface area contributed by atoms with Gasteiger partial charge >= 0.3 is 0 Å². The lowest BCUT2D eigenvalue weighted by Gasteiger charge is -2.39. The van der Waals surface area contributed by atoms with Gasteiger partial charge in [-0.15, -0.1) is 0 Å². The van der Waals surface area contributed by atoms with Gasteiger partial charge in [-0.25, -0.2) is 0 Å². The number of alkyl halides is 1. The molecule has 1 fully saturated rings. The van der Waals surface area contributed by atoms with Gasteiger partial charge in [-0.3, -0.25) is 0 Å². The molecule has 0 amide bonds. The first-order valence-electron chi connectivity index (χ1n) is 7.85. The van der Waals surface area contributed by atoms with E-state index in [-0.39, 0.29) is 5.60 Å². The van der Waals surface area contributed by atoms with Crippen molar-refractivity contribution in [2.45, 2.75) is 77.7 Å². The van der Waals surface area contributed by atoms with E-state index in [9.17, 15) is 0 Å². The average molecular weight is 319 g/mol. The molecular weight excluding hydrogens is 288 g/mol. The van der Waals surface area contributed by atoms with Crippen molar-refractivity contribution in [1.29, 1.82) is 0 Å². The number of hydrogen-bond donors (Lipinski definition) is 0. The number of hydrogen-bond acceptors (Lipinski definition) is 1. The van der Waals surface area contributed by atoms with Crippen LogP contribution in [0.4, 0.5) is 0 Å². The molecule has 0 aliphatic heterocycles. The summed E-state index contributed by atoms with van der Waals surface area (Å²) in [5, 5.41) is 1.01. The number of halogens is 1. The molecule has 0 N–H and O–H groups in total. The van der Waals surface area contributed by atoms with Crippen LogP contribution in [0.5, 0.6) is 0 Å². The fourth-order valence-electron chi connectivity index (χ4n) is 2.80. The lowest BCUT2D eigenvalue weighted by Crippen LogP contribution is -2.39. The third-order valence-electron chi connectivity index (χ3n) is 4.60. The van der Waals surface area contributed by atoms with Gasteiger partial charge in [0.2, 0.25) is 0 Å². The van der Waals surface area contributed by atoms with E-state index in [1.165, 1.54) is 51.4 Å². The van der Waals surface area contributed by atoms with E-state index in [2.05, 4.69) is 36.7 Å². The Bertz CT molecular complexity index is 209. The molecule has 1 aliphatic rings. The predicted molar refractivity (Wildman–Crippen MR) is 83.4 cm³/mol. The minimum Gasteiger partial charge on any atom is -0.374 e. The van der Waals surface area contributed by atoms with Crippen LogP contribution in [0, 0.1) is 11.8 Å². The van der Waals surface area contributed by atoms with Crippen LogP contribution in [0.1, 0.15) is 72.1 Å². The monoisotopic (exact) mass is 318 g/mol. The summed E-state index contributed by atoms with van der Waals surface area (Å²) in [5.41, 5.74) is 0.145. The van der Waals surface area contributed by atoms with E-state index in [0.29, 0.717) is 0 Å². The summed E-state index contributed by atoms with van der Waals surface area (Å²) in [7, 11) is 0. The highest BCUT2D eigenvalue weighted by molar-refractivity contribution is 9.09. The van der Waals surface area contributed by atoms with Gasteiger partial charge in [-0.2, -0.15) is 0 Å². The van der Waals surface area contributed by atoms with Gasteiger partial charge in [0.05, 0.1) is 12.2 Å². The summed E-state index contributed by atoms with van der Waals surface area (Å²) in [4.78, 5) is 0. The van der Waals surface area contributed by atoms with Crippen LogP contribution in [-0.4, -0.2) is 17.5 Å². The van der Waals surface area contributed by atoms with Gasteiger partial charge in [0.25, 0.3) is 0 Å². The molecule has 108 valence electrons.